The minimum Gasteiger partial charge on any atom is -0.382 e. The smallest absolute Gasteiger partial charge is 0.224 e. The number of carbonyl (C=O) groups excluding carboxylic acids is 1. The predicted molar refractivity (Wildman–Crippen MR) is 90.0 cm³/mol. The number of nitrogens with zero attached hydrogens (tertiary/aromatic N) is 1. The van der Waals surface area contributed by atoms with Crippen LogP contribution >= 0.6 is 0 Å². The van der Waals surface area contributed by atoms with E-state index in [-0.39, 0.29) is 0 Å². The maximum Gasteiger partial charge on any atom is 0.224 e. The van der Waals surface area contributed by atoms with Crippen molar-refractivity contribution in [3.63, 3.8) is 0 Å². The summed E-state index contributed by atoms with van der Waals surface area (Å²) in [5, 5.41) is 7.02. The standard InChI is InChI=1S/C18H27N3O/c1-14-4-2-5-17(12-14)20-15-7-10-21(11-8-15)18(22)13-16-6-3-9-19-16/h2,4-5,12,15-16,19-20H,3,6-11,13H2,1H3. The number of piperidine rings is 1. The molecule has 2 aliphatic rings. The lowest BCUT2D eigenvalue weighted by Gasteiger charge is -2.33. The fourth-order valence-electron chi connectivity index (χ4n) is 3.51. The lowest BCUT2D eigenvalue weighted by atomic mass is 10.0. The molecule has 0 spiro atoms. The number of hydrogen-bond acceptors (Lipinski definition) is 3. The molecule has 0 aliphatic carbocycles. The van der Waals surface area contributed by atoms with Crippen molar-refractivity contribution in [2.45, 2.75) is 51.1 Å². The van der Waals surface area contributed by atoms with Gasteiger partial charge in [0.05, 0.1) is 0 Å². The number of amides is 1. The van der Waals surface area contributed by atoms with Crippen molar-refractivity contribution in [1.82, 2.24) is 10.2 Å². The number of likely N-dealkylation sites (tertiary alicyclic amines) is 1. The van der Waals surface area contributed by atoms with E-state index in [9.17, 15) is 4.79 Å². The van der Waals surface area contributed by atoms with Crippen LogP contribution in [0.3, 0.4) is 0 Å². The third kappa shape index (κ3) is 4.01. The van der Waals surface area contributed by atoms with Gasteiger partial charge in [-0.25, -0.2) is 0 Å². The highest BCUT2D eigenvalue weighted by Gasteiger charge is 2.25. The summed E-state index contributed by atoms with van der Waals surface area (Å²) in [6, 6.07) is 9.40. The summed E-state index contributed by atoms with van der Waals surface area (Å²) >= 11 is 0. The van der Waals surface area contributed by atoms with Crippen LogP contribution in [-0.2, 0) is 4.79 Å². The zero-order valence-corrected chi connectivity index (χ0v) is 13.5. The summed E-state index contributed by atoms with van der Waals surface area (Å²) in [5.74, 6) is 0.327. The molecule has 22 heavy (non-hydrogen) atoms. The molecular weight excluding hydrogens is 274 g/mol. The third-order valence-electron chi connectivity index (χ3n) is 4.82. The number of hydrogen-bond donors (Lipinski definition) is 2. The minimum atomic E-state index is 0.327. The molecule has 2 fully saturated rings. The quantitative estimate of drug-likeness (QED) is 0.898. The van der Waals surface area contributed by atoms with Crippen LogP contribution in [0.4, 0.5) is 5.69 Å². The molecule has 1 amide bonds. The van der Waals surface area contributed by atoms with Crippen LogP contribution in [0.15, 0.2) is 24.3 Å². The topological polar surface area (TPSA) is 44.4 Å². The molecule has 0 radical (unpaired) electrons. The molecule has 0 aromatic heterocycles. The predicted octanol–water partition coefficient (Wildman–Crippen LogP) is 2.54. The summed E-state index contributed by atoms with van der Waals surface area (Å²) in [7, 11) is 0. The lowest BCUT2D eigenvalue weighted by Crippen LogP contribution is -2.44. The van der Waals surface area contributed by atoms with Gasteiger partial charge in [-0.2, -0.15) is 0 Å². The average molecular weight is 301 g/mol. The van der Waals surface area contributed by atoms with Crippen molar-refractivity contribution in [2.75, 3.05) is 25.0 Å². The van der Waals surface area contributed by atoms with E-state index in [4.69, 9.17) is 0 Å². The number of benzene rings is 1. The summed E-state index contributed by atoms with van der Waals surface area (Å²) in [6.07, 6.45) is 5.11. The molecule has 1 aromatic rings. The SMILES string of the molecule is Cc1cccc(NC2CCN(C(=O)CC3CCCN3)CC2)c1. The number of rotatable bonds is 4. The summed E-state index contributed by atoms with van der Waals surface area (Å²) in [4.78, 5) is 14.4. The second-order valence-corrected chi connectivity index (χ2v) is 6.67. The Bertz CT molecular complexity index is 503. The molecule has 2 heterocycles. The molecule has 3 rings (SSSR count). The van der Waals surface area contributed by atoms with E-state index < -0.39 is 0 Å². The summed E-state index contributed by atoms with van der Waals surface area (Å²) < 4.78 is 0. The first kappa shape index (κ1) is 15.3. The molecule has 1 aromatic carbocycles. The van der Waals surface area contributed by atoms with E-state index in [0.717, 1.165) is 38.9 Å². The van der Waals surface area contributed by atoms with Gasteiger partial charge in [0.2, 0.25) is 5.91 Å². The van der Waals surface area contributed by atoms with E-state index in [2.05, 4.69) is 46.7 Å². The number of nitrogens with one attached hydrogen (secondary N) is 2. The highest BCUT2D eigenvalue weighted by Crippen LogP contribution is 2.19. The first-order valence-corrected chi connectivity index (χ1v) is 8.55. The Balaban J connectivity index is 1.44. The van der Waals surface area contributed by atoms with Gasteiger partial charge in [-0.05, 0) is 56.8 Å². The highest BCUT2D eigenvalue weighted by atomic mass is 16.2. The monoisotopic (exact) mass is 301 g/mol. The van der Waals surface area contributed by atoms with Gasteiger partial charge in [0.25, 0.3) is 0 Å². The van der Waals surface area contributed by atoms with Gasteiger partial charge in [-0.3, -0.25) is 4.79 Å². The van der Waals surface area contributed by atoms with Crippen molar-refractivity contribution in [3.05, 3.63) is 29.8 Å². The van der Waals surface area contributed by atoms with Gasteiger partial charge in [-0.15, -0.1) is 0 Å². The Hall–Kier alpha value is -1.55. The number of anilines is 1. The Morgan fingerprint density at radius 1 is 1.32 bits per heavy atom. The van der Waals surface area contributed by atoms with Gasteiger partial charge in [0, 0.05) is 37.3 Å². The van der Waals surface area contributed by atoms with Gasteiger partial charge in [-0.1, -0.05) is 12.1 Å². The van der Waals surface area contributed by atoms with Crippen LogP contribution in [0.5, 0.6) is 0 Å². The Morgan fingerprint density at radius 3 is 2.82 bits per heavy atom. The number of aryl methyl sites for hydroxylation is 1. The molecule has 120 valence electrons. The van der Waals surface area contributed by atoms with Crippen molar-refractivity contribution >= 4 is 11.6 Å². The van der Waals surface area contributed by atoms with Gasteiger partial charge in [0.15, 0.2) is 0 Å². The van der Waals surface area contributed by atoms with Gasteiger partial charge >= 0.3 is 0 Å². The van der Waals surface area contributed by atoms with Crippen LogP contribution in [0.2, 0.25) is 0 Å². The van der Waals surface area contributed by atoms with Crippen LogP contribution < -0.4 is 10.6 Å². The molecule has 1 unspecified atom stereocenters. The van der Waals surface area contributed by atoms with E-state index in [1.807, 2.05) is 0 Å². The van der Waals surface area contributed by atoms with E-state index >= 15 is 0 Å². The van der Waals surface area contributed by atoms with Crippen molar-refractivity contribution in [1.29, 1.82) is 0 Å². The second kappa shape index (κ2) is 7.14. The fourth-order valence-corrected chi connectivity index (χ4v) is 3.51. The number of carbonyl (C=O) groups is 1. The molecule has 0 bridgehead atoms. The van der Waals surface area contributed by atoms with Crippen LogP contribution in [0.25, 0.3) is 0 Å². The lowest BCUT2D eigenvalue weighted by molar-refractivity contribution is -0.132. The van der Waals surface area contributed by atoms with Crippen molar-refractivity contribution < 1.29 is 4.79 Å². The van der Waals surface area contributed by atoms with E-state index in [1.54, 1.807) is 0 Å². The van der Waals surface area contributed by atoms with E-state index in [1.165, 1.54) is 17.7 Å². The summed E-state index contributed by atoms with van der Waals surface area (Å²) in [6.45, 7) is 4.95. The molecule has 0 saturated carbocycles. The highest BCUT2D eigenvalue weighted by molar-refractivity contribution is 5.77. The van der Waals surface area contributed by atoms with Crippen LogP contribution in [0, 0.1) is 6.92 Å². The molecule has 2 saturated heterocycles. The van der Waals surface area contributed by atoms with E-state index in [0.29, 0.717) is 24.4 Å². The second-order valence-electron chi connectivity index (χ2n) is 6.67. The average Bonchev–Trinajstić information content (AvgIpc) is 3.01. The summed E-state index contributed by atoms with van der Waals surface area (Å²) in [5.41, 5.74) is 2.47. The molecule has 4 heteroatoms. The Labute approximate surface area is 133 Å². The van der Waals surface area contributed by atoms with Gasteiger partial charge < -0.3 is 15.5 Å². The van der Waals surface area contributed by atoms with Crippen LogP contribution in [-0.4, -0.2) is 42.5 Å². The molecule has 4 nitrogen and oxygen atoms in total. The third-order valence-corrected chi connectivity index (χ3v) is 4.82. The zero-order valence-electron chi connectivity index (χ0n) is 13.5. The molecule has 2 aliphatic heterocycles. The maximum absolute atomic E-state index is 12.3. The van der Waals surface area contributed by atoms with Crippen molar-refractivity contribution in [2.24, 2.45) is 0 Å². The van der Waals surface area contributed by atoms with Crippen LogP contribution in [0.1, 0.15) is 37.7 Å². The first-order valence-electron chi connectivity index (χ1n) is 8.55. The Kier molecular flexibility index (Phi) is 4.98. The molecule has 2 N–H and O–H groups in total. The fraction of sp³-hybridized carbons (Fsp3) is 0.611. The normalized spacial score (nSPS) is 22.8. The maximum atomic E-state index is 12.3. The minimum absolute atomic E-state index is 0.327. The van der Waals surface area contributed by atoms with Crippen molar-refractivity contribution in [3.8, 4) is 0 Å². The van der Waals surface area contributed by atoms with Gasteiger partial charge in [0.1, 0.15) is 0 Å². The largest absolute Gasteiger partial charge is 0.382 e. The Morgan fingerprint density at radius 2 is 2.14 bits per heavy atom. The first-order chi connectivity index (χ1) is 10.7. The molecule has 1 atom stereocenters. The zero-order chi connectivity index (χ0) is 15.4. The molecular formula is C18H27N3O.